The van der Waals surface area contributed by atoms with Crippen LogP contribution in [0.25, 0.3) is 21.5 Å². The fourth-order valence-electron chi connectivity index (χ4n) is 11.3. The zero-order valence-corrected chi connectivity index (χ0v) is 36.0. The molecule has 0 radical (unpaired) electrons. The van der Waals surface area contributed by atoms with Crippen LogP contribution in [-0.2, 0) is 24.2 Å². The summed E-state index contributed by atoms with van der Waals surface area (Å²) < 4.78 is 1.41. The number of hydrogen-bond acceptors (Lipinski definition) is 0. The Labute approximate surface area is 351 Å². The molecule has 0 spiro atoms. The van der Waals surface area contributed by atoms with Gasteiger partial charge >= 0.3 is 145 Å². The zero-order chi connectivity index (χ0) is 35.9. The van der Waals surface area contributed by atoms with E-state index in [1.165, 1.54) is 79.4 Å². The molecule has 0 bridgehead atoms. The monoisotopic (exact) mass is 824 g/mol. The van der Waals surface area contributed by atoms with Crippen molar-refractivity contribution in [3.05, 3.63) is 175 Å². The topological polar surface area (TPSA) is 0 Å². The quantitative estimate of drug-likeness (QED) is 0.195. The normalized spacial score (nSPS) is 33.1. The van der Waals surface area contributed by atoms with Gasteiger partial charge in [0.1, 0.15) is 0 Å². The van der Waals surface area contributed by atoms with Gasteiger partial charge < -0.3 is 31.2 Å². The second-order valence-corrected chi connectivity index (χ2v) is 17.9. The Kier molecular flexibility index (Phi) is 12.6. The molecule has 9 atom stereocenters. The van der Waals surface area contributed by atoms with E-state index in [1.54, 1.807) is 0 Å². The Bertz CT molecular complexity index is 2080. The first kappa shape index (κ1) is 40.8. The molecule has 4 aromatic carbocycles. The van der Waals surface area contributed by atoms with Gasteiger partial charge in [-0.05, 0) is 28.6 Å². The number of fused-ring (bicyclic) bond motifs is 10. The van der Waals surface area contributed by atoms with E-state index >= 15 is 0 Å². The molecule has 3 fully saturated rings. The summed E-state index contributed by atoms with van der Waals surface area (Å²) in [5.41, 5.74) is 3.34. The predicted molar refractivity (Wildman–Crippen MR) is 218 cm³/mol. The first-order chi connectivity index (χ1) is 25.2. The molecule has 0 saturated heterocycles. The molecule has 0 aromatic heterocycles. The molecular weight excluding hydrogens is 775 g/mol. The maximum absolute atomic E-state index is 2.99. The molecular formula is C51H52Cl2Zr-2. The molecule has 0 N–H and O–H groups in total. The number of benzene rings is 4. The molecule has 9 unspecified atom stereocenters. The average Bonchev–Trinajstić information content (AvgIpc) is 3.87. The van der Waals surface area contributed by atoms with Crippen LogP contribution in [-0.4, -0.2) is 3.21 Å². The summed E-state index contributed by atoms with van der Waals surface area (Å²) in [6, 6.07) is 30.6. The van der Waals surface area contributed by atoms with Crippen LogP contribution in [0.1, 0.15) is 64.5 Å². The minimum absolute atomic E-state index is 0. The molecule has 0 aliphatic heterocycles. The molecule has 4 aromatic rings. The van der Waals surface area contributed by atoms with E-state index in [9.17, 15) is 0 Å². The van der Waals surface area contributed by atoms with Crippen molar-refractivity contribution >= 4 is 24.8 Å². The Hall–Kier alpha value is -2.83. The number of hydrogen-bond donors (Lipinski definition) is 0. The van der Waals surface area contributed by atoms with Gasteiger partial charge in [-0.15, -0.1) is 11.8 Å². The second kappa shape index (κ2) is 16.7. The standard InChI is InChI=1S/C25H33.C21H14.C5H5.2ClH.Zr/c1-17-10-9-11-18-16-24(3)22(21(17)18)19-12-5-6-13-20(19)23(2)14-7-8-15-25(23,24)4;1-3-7-20-14-16(9-11-18(20)5-1)13-17-10-12-19-6-2-4-8-21(19)15-17;1-2-4-5-3-1;;;/h5-8,12-22H,9-11H2,1-4H3;1-12,14-15H;1-3H,4H2;2*1H;/q-1;;-1;;;+2/p-2. The fraction of sp³-hybridized carbons (Fsp3) is 0.333. The van der Waals surface area contributed by atoms with Crippen molar-refractivity contribution in [2.45, 2.75) is 53.4 Å². The molecule has 10 rings (SSSR count). The Morgan fingerprint density at radius 1 is 0.722 bits per heavy atom. The molecule has 54 heavy (non-hydrogen) atoms. The summed E-state index contributed by atoms with van der Waals surface area (Å²) in [6.07, 6.45) is 36.6. The summed E-state index contributed by atoms with van der Waals surface area (Å²) >= 11 is 1.44. The minimum atomic E-state index is 0. The van der Waals surface area contributed by atoms with E-state index in [2.05, 4.69) is 180 Å². The Balaban J connectivity index is 0.000000159. The predicted octanol–water partition coefficient (Wildman–Crippen LogP) is 6.81. The third-order valence-electron chi connectivity index (χ3n) is 14.2. The first-order valence-corrected chi connectivity index (χ1v) is 20.8. The van der Waals surface area contributed by atoms with Crippen LogP contribution >= 0.6 is 0 Å². The van der Waals surface area contributed by atoms with Crippen molar-refractivity contribution in [3.8, 4) is 0 Å². The van der Waals surface area contributed by atoms with Gasteiger partial charge in [0.05, 0.1) is 0 Å². The van der Waals surface area contributed by atoms with Crippen molar-refractivity contribution in [2.24, 2.45) is 51.8 Å². The van der Waals surface area contributed by atoms with Gasteiger partial charge in [-0.3, -0.25) is 6.08 Å². The van der Waals surface area contributed by atoms with Gasteiger partial charge in [-0.2, -0.15) is 12.0 Å². The Morgan fingerprint density at radius 2 is 1.33 bits per heavy atom. The Morgan fingerprint density at radius 3 is 1.93 bits per heavy atom. The molecule has 0 heterocycles. The van der Waals surface area contributed by atoms with Gasteiger partial charge in [0, 0.05) is 0 Å². The van der Waals surface area contributed by atoms with Gasteiger partial charge in [0.15, 0.2) is 0 Å². The number of halogens is 2. The van der Waals surface area contributed by atoms with Crippen LogP contribution in [0.3, 0.4) is 0 Å². The van der Waals surface area contributed by atoms with Crippen molar-refractivity contribution in [1.82, 2.24) is 0 Å². The fourth-order valence-corrected chi connectivity index (χ4v) is 12.0. The summed E-state index contributed by atoms with van der Waals surface area (Å²) in [5.74, 6) is 4.69. The molecule has 0 nitrogen and oxygen atoms in total. The van der Waals surface area contributed by atoms with E-state index < -0.39 is 0 Å². The molecule has 6 aliphatic rings. The molecule has 3 heteroatoms. The van der Waals surface area contributed by atoms with Crippen LogP contribution in [0.5, 0.6) is 0 Å². The third kappa shape index (κ3) is 7.06. The van der Waals surface area contributed by atoms with Crippen LogP contribution in [0, 0.1) is 64.2 Å². The van der Waals surface area contributed by atoms with E-state index in [4.69, 9.17) is 0 Å². The van der Waals surface area contributed by atoms with Crippen LogP contribution < -0.4 is 24.8 Å². The SMILES string of the molecule is CC1CCCC2[CH-]C3(C)C(C4C=CC=CC4C4(C)C=CC=CC43C)C12.[C-]1=CC=CC1.[Cl-].[Cl-].[Zr+2]=[C](c1ccc2ccccc2c1)c1ccc2ccccc2c1. The zero-order valence-electron chi connectivity index (χ0n) is 32.1. The van der Waals surface area contributed by atoms with Gasteiger partial charge in [-0.1, -0.05) is 107 Å². The van der Waals surface area contributed by atoms with Gasteiger partial charge in [-0.25, -0.2) is 12.2 Å². The maximum atomic E-state index is 2.99. The summed E-state index contributed by atoms with van der Waals surface area (Å²) in [5, 5.41) is 5.21. The first-order valence-electron chi connectivity index (χ1n) is 19.6. The summed E-state index contributed by atoms with van der Waals surface area (Å²) in [7, 11) is 0. The average molecular weight is 827 g/mol. The van der Waals surface area contributed by atoms with Crippen molar-refractivity contribution in [2.75, 3.05) is 0 Å². The van der Waals surface area contributed by atoms with E-state index in [0.717, 1.165) is 30.1 Å². The van der Waals surface area contributed by atoms with Crippen LogP contribution in [0.15, 0.2) is 152 Å². The van der Waals surface area contributed by atoms with E-state index in [1.807, 2.05) is 12.2 Å². The number of allylic oxidation sites excluding steroid dienone is 12. The van der Waals surface area contributed by atoms with Crippen molar-refractivity contribution in [3.63, 3.8) is 0 Å². The molecule has 3 saturated carbocycles. The molecule has 0 amide bonds. The van der Waals surface area contributed by atoms with E-state index in [-0.39, 0.29) is 41.1 Å². The van der Waals surface area contributed by atoms with Crippen molar-refractivity contribution in [1.29, 1.82) is 0 Å². The summed E-state index contributed by atoms with van der Waals surface area (Å²) in [6.45, 7) is 10.3. The van der Waals surface area contributed by atoms with Crippen molar-refractivity contribution < 1.29 is 49.0 Å². The van der Waals surface area contributed by atoms with E-state index in [0.29, 0.717) is 11.8 Å². The molecule has 276 valence electrons. The van der Waals surface area contributed by atoms with Crippen LogP contribution in [0.4, 0.5) is 0 Å². The van der Waals surface area contributed by atoms with Gasteiger partial charge in [0.25, 0.3) is 0 Å². The van der Waals surface area contributed by atoms with Gasteiger partial charge in [0.2, 0.25) is 0 Å². The summed E-state index contributed by atoms with van der Waals surface area (Å²) in [4.78, 5) is 0. The molecule has 6 aliphatic carbocycles. The third-order valence-corrected chi connectivity index (χ3v) is 15.6. The number of rotatable bonds is 2. The van der Waals surface area contributed by atoms with Crippen LogP contribution in [0.2, 0.25) is 0 Å². The second-order valence-electron chi connectivity index (χ2n) is 16.7.